The van der Waals surface area contributed by atoms with Gasteiger partial charge in [-0.05, 0) is 36.8 Å². The van der Waals surface area contributed by atoms with Crippen LogP contribution in [0.4, 0.5) is 4.39 Å². The summed E-state index contributed by atoms with van der Waals surface area (Å²) in [5.74, 6) is -0.613. The third-order valence-electron chi connectivity index (χ3n) is 2.82. The fourth-order valence-electron chi connectivity index (χ4n) is 1.73. The van der Waals surface area contributed by atoms with Gasteiger partial charge in [0.15, 0.2) is 0 Å². The summed E-state index contributed by atoms with van der Waals surface area (Å²) in [5, 5.41) is 10.8. The lowest BCUT2D eigenvalue weighted by atomic mass is 9.89. The van der Waals surface area contributed by atoms with Crippen molar-refractivity contribution in [3.8, 4) is 0 Å². The van der Waals surface area contributed by atoms with Crippen molar-refractivity contribution in [3.63, 3.8) is 0 Å². The molecule has 1 unspecified atom stereocenters. The maximum absolute atomic E-state index is 13.5. The number of hydrogen-bond acceptors (Lipinski definition) is 2. The lowest BCUT2D eigenvalue weighted by molar-refractivity contribution is 0.102. The molecule has 0 aliphatic carbocycles. The molecule has 1 atom stereocenters. The Morgan fingerprint density at radius 2 is 1.84 bits per heavy atom. The van der Waals surface area contributed by atoms with Crippen molar-refractivity contribution in [1.29, 1.82) is 0 Å². The molecule has 0 amide bonds. The molecule has 100 valence electrons. The molecule has 1 heterocycles. The molecule has 0 aliphatic rings. The van der Waals surface area contributed by atoms with Crippen molar-refractivity contribution >= 4 is 34.8 Å². The lowest BCUT2D eigenvalue weighted by Gasteiger charge is -2.25. The molecule has 6 heteroatoms. The van der Waals surface area contributed by atoms with E-state index in [0.29, 0.717) is 11.1 Å². The van der Waals surface area contributed by atoms with E-state index in [1.165, 1.54) is 25.1 Å². The van der Waals surface area contributed by atoms with Gasteiger partial charge in [0.05, 0.1) is 5.02 Å². The Bertz CT molecular complexity index is 631. The van der Waals surface area contributed by atoms with Crippen LogP contribution in [-0.2, 0) is 5.60 Å². The fourth-order valence-corrected chi connectivity index (χ4v) is 2.38. The summed E-state index contributed by atoms with van der Waals surface area (Å²) in [7, 11) is 0. The normalized spacial score (nSPS) is 14.2. The Hall–Kier alpha value is -0.870. The lowest BCUT2D eigenvalue weighted by Crippen LogP contribution is -2.23. The monoisotopic (exact) mass is 319 g/mol. The van der Waals surface area contributed by atoms with Gasteiger partial charge in [-0.15, -0.1) is 0 Å². The highest BCUT2D eigenvalue weighted by atomic mass is 35.5. The van der Waals surface area contributed by atoms with E-state index in [0.717, 1.165) is 6.07 Å². The molecule has 0 aliphatic heterocycles. The maximum atomic E-state index is 13.5. The highest BCUT2D eigenvalue weighted by Crippen LogP contribution is 2.34. The predicted molar refractivity (Wildman–Crippen MR) is 74.3 cm³/mol. The minimum Gasteiger partial charge on any atom is -0.381 e. The van der Waals surface area contributed by atoms with Crippen molar-refractivity contribution in [1.82, 2.24) is 4.98 Å². The SMILES string of the molecule is CC(O)(c1ccc(Cl)c(F)c1)c1ccc(Cl)nc1Cl. The van der Waals surface area contributed by atoms with Gasteiger partial charge in [0, 0.05) is 5.56 Å². The molecule has 0 saturated carbocycles. The molecule has 2 rings (SSSR count). The summed E-state index contributed by atoms with van der Waals surface area (Å²) in [6.45, 7) is 1.49. The van der Waals surface area contributed by atoms with Crippen molar-refractivity contribution in [3.05, 3.63) is 62.6 Å². The highest BCUT2D eigenvalue weighted by molar-refractivity contribution is 6.33. The molecular weight excluding hydrogens is 312 g/mol. The topological polar surface area (TPSA) is 33.1 Å². The largest absolute Gasteiger partial charge is 0.381 e. The van der Waals surface area contributed by atoms with E-state index < -0.39 is 11.4 Å². The number of benzene rings is 1. The van der Waals surface area contributed by atoms with Crippen LogP contribution in [0.15, 0.2) is 30.3 Å². The number of nitrogens with zero attached hydrogens (tertiary/aromatic N) is 1. The van der Waals surface area contributed by atoms with Gasteiger partial charge in [-0.1, -0.05) is 40.9 Å². The van der Waals surface area contributed by atoms with Crippen molar-refractivity contribution in [2.45, 2.75) is 12.5 Å². The first kappa shape index (κ1) is 14.5. The van der Waals surface area contributed by atoms with Crippen LogP contribution in [0, 0.1) is 5.82 Å². The van der Waals surface area contributed by atoms with Crippen molar-refractivity contribution in [2.24, 2.45) is 0 Å². The van der Waals surface area contributed by atoms with E-state index in [4.69, 9.17) is 34.8 Å². The molecule has 1 aromatic carbocycles. The fraction of sp³-hybridized carbons (Fsp3) is 0.154. The molecule has 0 saturated heterocycles. The van der Waals surface area contributed by atoms with Crippen LogP contribution < -0.4 is 0 Å². The van der Waals surface area contributed by atoms with E-state index in [2.05, 4.69) is 4.98 Å². The molecule has 19 heavy (non-hydrogen) atoms. The minimum atomic E-state index is -1.50. The van der Waals surface area contributed by atoms with Crippen LogP contribution in [0.3, 0.4) is 0 Å². The number of aliphatic hydroxyl groups is 1. The van der Waals surface area contributed by atoms with Gasteiger partial charge in [0.1, 0.15) is 21.7 Å². The Balaban J connectivity index is 2.54. The second kappa shape index (κ2) is 5.25. The van der Waals surface area contributed by atoms with Gasteiger partial charge in [-0.3, -0.25) is 0 Å². The summed E-state index contributed by atoms with van der Waals surface area (Å²) in [6.07, 6.45) is 0. The summed E-state index contributed by atoms with van der Waals surface area (Å²) in [4.78, 5) is 3.86. The van der Waals surface area contributed by atoms with Crippen molar-refractivity contribution < 1.29 is 9.50 Å². The van der Waals surface area contributed by atoms with Gasteiger partial charge in [-0.2, -0.15) is 0 Å². The molecule has 0 spiro atoms. The molecule has 2 nitrogen and oxygen atoms in total. The summed E-state index contributed by atoms with van der Waals surface area (Å²) in [5.41, 5.74) is -0.846. The highest BCUT2D eigenvalue weighted by Gasteiger charge is 2.29. The Morgan fingerprint density at radius 1 is 1.16 bits per heavy atom. The second-order valence-electron chi connectivity index (χ2n) is 4.17. The maximum Gasteiger partial charge on any atom is 0.142 e. The van der Waals surface area contributed by atoms with Gasteiger partial charge >= 0.3 is 0 Å². The van der Waals surface area contributed by atoms with Gasteiger partial charge in [0.25, 0.3) is 0 Å². The van der Waals surface area contributed by atoms with Crippen molar-refractivity contribution in [2.75, 3.05) is 0 Å². The number of pyridine rings is 1. The van der Waals surface area contributed by atoms with E-state index in [9.17, 15) is 9.50 Å². The molecule has 1 aromatic heterocycles. The number of halogens is 4. The van der Waals surface area contributed by atoms with E-state index in [-0.39, 0.29) is 15.3 Å². The molecule has 0 fully saturated rings. The van der Waals surface area contributed by atoms with Crippen LogP contribution in [0.2, 0.25) is 15.3 Å². The Labute approximate surface area is 124 Å². The quantitative estimate of drug-likeness (QED) is 0.830. The first-order chi connectivity index (χ1) is 8.82. The molecule has 1 N–H and O–H groups in total. The summed E-state index contributed by atoms with van der Waals surface area (Å²) < 4.78 is 13.5. The zero-order valence-electron chi connectivity index (χ0n) is 9.79. The zero-order chi connectivity index (χ0) is 14.2. The second-order valence-corrected chi connectivity index (χ2v) is 5.33. The van der Waals surface area contributed by atoms with Gasteiger partial charge in [-0.25, -0.2) is 9.37 Å². The van der Waals surface area contributed by atoms with E-state index >= 15 is 0 Å². The average molecular weight is 321 g/mol. The minimum absolute atomic E-state index is 0.0140. The standard InChI is InChI=1S/C13H9Cl3FNO/c1-13(19,7-2-4-9(14)10(17)6-7)8-3-5-11(15)18-12(8)16/h2-6,19H,1H3. The van der Waals surface area contributed by atoms with Crippen LogP contribution in [0.1, 0.15) is 18.1 Å². The van der Waals surface area contributed by atoms with Crippen LogP contribution >= 0.6 is 34.8 Å². The molecular formula is C13H9Cl3FNO. The van der Waals surface area contributed by atoms with E-state index in [1.54, 1.807) is 6.07 Å². The predicted octanol–water partition coefficient (Wildman–Crippen LogP) is 4.44. The van der Waals surface area contributed by atoms with Crippen LogP contribution in [0.5, 0.6) is 0 Å². The molecule has 0 bridgehead atoms. The average Bonchev–Trinajstić information content (AvgIpc) is 2.32. The number of rotatable bonds is 2. The summed E-state index contributed by atoms with van der Waals surface area (Å²) >= 11 is 17.3. The van der Waals surface area contributed by atoms with Gasteiger partial charge in [0.2, 0.25) is 0 Å². The van der Waals surface area contributed by atoms with Crippen LogP contribution in [-0.4, -0.2) is 10.1 Å². The van der Waals surface area contributed by atoms with Crippen LogP contribution in [0.25, 0.3) is 0 Å². The van der Waals surface area contributed by atoms with E-state index in [1.807, 2.05) is 0 Å². The Kier molecular flexibility index (Phi) is 4.02. The Morgan fingerprint density at radius 3 is 2.42 bits per heavy atom. The smallest absolute Gasteiger partial charge is 0.142 e. The summed E-state index contributed by atoms with van der Waals surface area (Å²) in [6, 6.07) is 7.11. The third-order valence-corrected chi connectivity index (χ3v) is 3.63. The third kappa shape index (κ3) is 2.84. The molecule has 2 aromatic rings. The molecule has 0 radical (unpaired) electrons. The first-order valence-corrected chi connectivity index (χ1v) is 6.46. The number of aromatic nitrogens is 1. The van der Waals surface area contributed by atoms with Gasteiger partial charge < -0.3 is 5.11 Å². The number of hydrogen-bond donors (Lipinski definition) is 1. The first-order valence-electron chi connectivity index (χ1n) is 5.33. The zero-order valence-corrected chi connectivity index (χ0v) is 12.1.